The van der Waals surface area contributed by atoms with Crippen LogP contribution >= 0.6 is 0 Å². The Kier molecular flexibility index (Phi) is 8.70. The van der Waals surface area contributed by atoms with E-state index in [2.05, 4.69) is 22.1 Å². The van der Waals surface area contributed by atoms with E-state index < -0.39 is 0 Å². The molecule has 33 heavy (non-hydrogen) atoms. The molecule has 4 nitrogen and oxygen atoms in total. The number of nitrogens with zero attached hydrogens (tertiary/aromatic N) is 2. The molecular formula is C27H25BIrN2O2-2. The molecule has 3 heterocycles. The number of aromatic nitrogens is 2. The zero-order valence-electron chi connectivity index (χ0n) is 18.9. The van der Waals surface area contributed by atoms with Gasteiger partial charge in [0.1, 0.15) is 0 Å². The van der Waals surface area contributed by atoms with Crippen molar-refractivity contribution in [1.82, 2.24) is 9.97 Å². The first-order valence-electron chi connectivity index (χ1n) is 10.7. The molecule has 2 aromatic carbocycles. The predicted octanol–water partition coefficient (Wildman–Crippen LogP) is 5.00. The second-order valence-electron chi connectivity index (χ2n) is 8.07. The molecule has 169 valence electrons. The average Bonchev–Trinajstić information content (AvgIpc) is 3.13. The molecule has 5 rings (SSSR count). The Morgan fingerprint density at radius 1 is 0.818 bits per heavy atom. The zero-order chi connectivity index (χ0) is 22.4. The van der Waals surface area contributed by atoms with E-state index >= 15 is 0 Å². The van der Waals surface area contributed by atoms with Gasteiger partial charge in [-0.05, 0) is 44.3 Å². The molecule has 1 aliphatic heterocycles. The van der Waals surface area contributed by atoms with Gasteiger partial charge in [-0.15, -0.1) is 71.2 Å². The van der Waals surface area contributed by atoms with E-state index in [1.54, 1.807) is 12.4 Å². The van der Waals surface area contributed by atoms with Gasteiger partial charge < -0.3 is 19.3 Å². The molecule has 0 saturated carbocycles. The summed E-state index contributed by atoms with van der Waals surface area (Å²) in [6.07, 6.45) is 3.63. The second-order valence-corrected chi connectivity index (χ2v) is 8.07. The molecule has 1 unspecified atom stereocenters. The first-order valence-corrected chi connectivity index (χ1v) is 10.7. The summed E-state index contributed by atoms with van der Waals surface area (Å²) in [6, 6.07) is 31.8. The van der Waals surface area contributed by atoms with Gasteiger partial charge in [0.2, 0.25) is 0 Å². The van der Waals surface area contributed by atoms with Gasteiger partial charge >= 0.3 is 7.12 Å². The van der Waals surface area contributed by atoms with E-state index in [9.17, 15) is 0 Å². The van der Waals surface area contributed by atoms with Crippen LogP contribution < -0.4 is 5.46 Å². The topological polar surface area (TPSA) is 44.2 Å². The van der Waals surface area contributed by atoms with Crippen molar-refractivity contribution in [1.29, 1.82) is 0 Å². The summed E-state index contributed by atoms with van der Waals surface area (Å²) >= 11 is 0. The minimum atomic E-state index is -0.322. The van der Waals surface area contributed by atoms with Crippen LogP contribution in [0.2, 0.25) is 0 Å². The van der Waals surface area contributed by atoms with E-state index in [-0.39, 0.29) is 38.9 Å². The summed E-state index contributed by atoms with van der Waals surface area (Å²) in [7, 11) is -0.322. The van der Waals surface area contributed by atoms with E-state index in [0.29, 0.717) is 0 Å². The van der Waals surface area contributed by atoms with Crippen LogP contribution in [0.15, 0.2) is 91.3 Å². The van der Waals surface area contributed by atoms with Gasteiger partial charge in [0.05, 0.1) is 11.7 Å². The standard InChI is InChI=1S/C16H17BNO2.C11H8N.Ir/c1-12-16(2,3)20-17(19-12)14-8-6-7-13(11-14)15-9-4-5-10-18-15;1-2-6-10(7-3-1)11-8-4-5-9-12-11;/h4-6,8-12H,1-3H3;1-6,8-9H;/q2*-1;. The molecule has 1 radical (unpaired) electrons. The van der Waals surface area contributed by atoms with E-state index in [1.165, 1.54) is 0 Å². The maximum atomic E-state index is 5.98. The van der Waals surface area contributed by atoms with Crippen molar-refractivity contribution in [2.24, 2.45) is 0 Å². The minimum absolute atomic E-state index is 0. The van der Waals surface area contributed by atoms with E-state index in [0.717, 1.165) is 28.0 Å². The number of rotatable bonds is 3. The summed E-state index contributed by atoms with van der Waals surface area (Å²) in [5, 5.41) is 0. The fourth-order valence-corrected chi connectivity index (χ4v) is 3.27. The molecule has 6 heteroatoms. The molecule has 2 aromatic heterocycles. The van der Waals surface area contributed by atoms with Crippen LogP contribution in [0.1, 0.15) is 20.8 Å². The van der Waals surface area contributed by atoms with Crippen LogP contribution in [0.25, 0.3) is 22.5 Å². The van der Waals surface area contributed by atoms with Crippen molar-refractivity contribution in [2.75, 3.05) is 0 Å². The summed E-state index contributed by atoms with van der Waals surface area (Å²) in [6.45, 7) is 6.13. The van der Waals surface area contributed by atoms with Gasteiger partial charge in [-0.2, -0.15) is 0 Å². The molecule has 1 saturated heterocycles. The van der Waals surface area contributed by atoms with Crippen LogP contribution in [0.5, 0.6) is 0 Å². The summed E-state index contributed by atoms with van der Waals surface area (Å²) < 4.78 is 11.9. The molecule has 0 amide bonds. The molecule has 1 fully saturated rings. The number of pyridine rings is 2. The second kappa shape index (κ2) is 11.5. The van der Waals surface area contributed by atoms with Crippen molar-refractivity contribution >= 4 is 12.6 Å². The van der Waals surface area contributed by atoms with Crippen molar-refractivity contribution in [3.05, 3.63) is 103 Å². The third kappa shape index (κ3) is 6.46. The van der Waals surface area contributed by atoms with E-state index in [4.69, 9.17) is 9.31 Å². The van der Waals surface area contributed by atoms with Crippen molar-refractivity contribution in [3.63, 3.8) is 0 Å². The Balaban J connectivity index is 0.000000202. The van der Waals surface area contributed by atoms with Gasteiger partial charge in [-0.1, -0.05) is 24.3 Å². The van der Waals surface area contributed by atoms with Gasteiger partial charge in [-0.25, -0.2) is 0 Å². The van der Waals surface area contributed by atoms with Gasteiger partial charge in [-0.3, -0.25) is 0 Å². The quantitative estimate of drug-likeness (QED) is 0.241. The molecule has 0 bridgehead atoms. The van der Waals surface area contributed by atoms with Crippen LogP contribution in [0.4, 0.5) is 0 Å². The Hall–Kier alpha value is -2.63. The van der Waals surface area contributed by atoms with Gasteiger partial charge in [0.25, 0.3) is 0 Å². The number of hydrogen-bond acceptors (Lipinski definition) is 4. The van der Waals surface area contributed by atoms with Crippen LogP contribution in [0.3, 0.4) is 0 Å². The summed E-state index contributed by atoms with van der Waals surface area (Å²) in [4.78, 5) is 8.57. The summed E-state index contributed by atoms with van der Waals surface area (Å²) in [5.41, 5.74) is 4.60. The Morgan fingerprint density at radius 2 is 1.45 bits per heavy atom. The van der Waals surface area contributed by atoms with E-state index in [1.807, 2.05) is 99.6 Å². The number of hydrogen-bond donors (Lipinski definition) is 0. The van der Waals surface area contributed by atoms with Crippen molar-refractivity contribution in [3.8, 4) is 22.5 Å². The first-order chi connectivity index (χ1) is 15.5. The normalized spacial score (nSPS) is 16.3. The average molecular weight is 613 g/mol. The Morgan fingerprint density at radius 3 is 2.00 bits per heavy atom. The molecule has 0 spiro atoms. The smallest absolute Gasteiger partial charge is 0.403 e. The largest absolute Gasteiger partial charge is 0.475 e. The van der Waals surface area contributed by atoms with Gasteiger partial charge in [0.15, 0.2) is 0 Å². The van der Waals surface area contributed by atoms with Gasteiger partial charge in [0, 0.05) is 32.5 Å². The Bertz CT molecular complexity index is 1090. The minimum Gasteiger partial charge on any atom is -0.403 e. The van der Waals surface area contributed by atoms with Crippen LogP contribution in [-0.2, 0) is 29.4 Å². The first kappa shape index (κ1) is 25.0. The maximum absolute atomic E-state index is 5.98. The number of benzene rings is 2. The SMILES string of the molecule is CC1OB(c2cc[c-]c(-c3ccccn3)c2)OC1(C)C.[Ir].[c-]1ccccc1-c1ccccn1. The predicted molar refractivity (Wildman–Crippen MR) is 128 cm³/mol. The maximum Gasteiger partial charge on any atom is 0.475 e. The fourth-order valence-electron chi connectivity index (χ4n) is 3.27. The van der Waals surface area contributed by atoms with Crippen molar-refractivity contribution in [2.45, 2.75) is 32.5 Å². The molecule has 0 aliphatic carbocycles. The Labute approximate surface area is 209 Å². The van der Waals surface area contributed by atoms with Crippen LogP contribution in [-0.4, -0.2) is 28.8 Å². The molecule has 4 aromatic rings. The third-order valence-corrected chi connectivity index (χ3v) is 5.41. The van der Waals surface area contributed by atoms with Crippen LogP contribution in [0, 0.1) is 12.1 Å². The molecule has 0 N–H and O–H groups in total. The third-order valence-electron chi connectivity index (χ3n) is 5.41. The molecular weight excluding hydrogens is 587 g/mol. The van der Waals surface area contributed by atoms with Crippen molar-refractivity contribution < 1.29 is 29.4 Å². The summed E-state index contributed by atoms with van der Waals surface area (Å²) in [5.74, 6) is 0. The molecule has 1 aliphatic rings. The fraction of sp³-hybridized carbons (Fsp3) is 0.185. The monoisotopic (exact) mass is 613 g/mol. The zero-order valence-corrected chi connectivity index (χ0v) is 21.3. The molecule has 1 atom stereocenters.